The van der Waals surface area contributed by atoms with Crippen molar-refractivity contribution >= 4 is 11.7 Å². The summed E-state index contributed by atoms with van der Waals surface area (Å²) in [6.45, 7) is 4.35. The van der Waals surface area contributed by atoms with Crippen LogP contribution < -0.4 is 5.48 Å². The molecule has 0 amide bonds. The van der Waals surface area contributed by atoms with Gasteiger partial charge >= 0.3 is 5.97 Å². The van der Waals surface area contributed by atoms with Gasteiger partial charge in [0.1, 0.15) is 6.61 Å². The molecule has 2 rings (SSSR count). The maximum atomic E-state index is 13.9. The highest BCUT2D eigenvalue weighted by Gasteiger charge is 2.28. The summed E-state index contributed by atoms with van der Waals surface area (Å²) in [5.41, 5.74) is 5.31. The molecule has 0 radical (unpaired) electrons. The van der Waals surface area contributed by atoms with Crippen molar-refractivity contribution in [2.45, 2.75) is 39.3 Å². The Labute approximate surface area is 174 Å². The van der Waals surface area contributed by atoms with E-state index in [2.05, 4.69) is 10.6 Å². The quantitative estimate of drug-likeness (QED) is 0.370. The summed E-state index contributed by atoms with van der Waals surface area (Å²) in [5, 5.41) is 4.03. The first-order valence-corrected chi connectivity index (χ1v) is 9.29. The van der Waals surface area contributed by atoms with Crippen LogP contribution in [0.3, 0.4) is 0 Å². The van der Waals surface area contributed by atoms with Gasteiger partial charge in [0.05, 0.1) is 19.9 Å². The number of oxime groups is 1. The van der Waals surface area contributed by atoms with Crippen molar-refractivity contribution in [1.82, 2.24) is 5.48 Å². The Morgan fingerprint density at radius 3 is 2.50 bits per heavy atom. The van der Waals surface area contributed by atoms with Crippen LogP contribution in [0.2, 0.25) is 0 Å². The standard InChI is InChI=1S/C22H26F2N2O4/c1-14-9-8-11-17(20(26-29-5)21(27)28-4)18(14)13-30-25-15(2)16-10-6-7-12-19(16)22(3,23)24/h6-12,20,26H,13H2,1-5H3/b25-15+. The summed E-state index contributed by atoms with van der Waals surface area (Å²) in [4.78, 5) is 22.6. The smallest absolute Gasteiger partial charge is 0.329 e. The number of carbonyl (C=O) groups is 1. The number of carbonyl (C=O) groups excluding carboxylic acids is 1. The highest BCUT2D eigenvalue weighted by Crippen LogP contribution is 2.30. The van der Waals surface area contributed by atoms with Gasteiger partial charge in [-0.3, -0.25) is 0 Å². The van der Waals surface area contributed by atoms with Gasteiger partial charge in [0.15, 0.2) is 6.04 Å². The Bertz CT molecular complexity index is 910. The molecular formula is C22H26F2N2O4. The summed E-state index contributed by atoms with van der Waals surface area (Å²) < 4.78 is 32.6. The van der Waals surface area contributed by atoms with E-state index in [9.17, 15) is 13.6 Å². The van der Waals surface area contributed by atoms with Crippen LogP contribution in [0.4, 0.5) is 8.78 Å². The predicted molar refractivity (Wildman–Crippen MR) is 109 cm³/mol. The van der Waals surface area contributed by atoms with Crippen molar-refractivity contribution < 1.29 is 28.0 Å². The lowest BCUT2D eigenvalue weighted by Gasteiger charge is -2.20. The Morgan fingerprint density at radius 2 is 1.87 bits per heavy atom. The van der Waals surface area contributed by atoms with Crippen LogP contribution in [0.5, 0.6) is 0 Å². The monoisotopic (exact) mass is 420 g/mol. The van der Waals surface area contributed by atoms with E-state index in [1.807, 2.05) is 13.0 Å². The lowest BCUT2D eigenvalue weighted by molar-refractivity contribution is -0.147. The van der Waals surface area contributed by atoms with Crippen molar-refractivity contribution in [3.63, 3.8) is 0 Å². The molecule has 0 heterocycles. The topological polar surface area (TPSA) is 69.2 Å². The molecule has 1 atom stereocenters. The lowest BCUT2D eigenvalue weighted by atomic mass is 9.97. The number of methoxy groups -OCH3 is 1. The first kappa shape index (κ1) is 23.4. The van der Waals surface area contributed by atoms with Crippen molar-refractivity contribution in [2.75, 3.05) is 14.2 Å². The minimum absolute atomic E-state index is 0.0307. The zero-order chi connectivity index (χ0) is 22.3. The molecule has 6 nitrogen and oxygen atoms in total. The molecule has 0 aliphatic heterocycles. The third kappa shape index (κ3) is 5.61. The number of hydrogen-bond acceptors (Lipinski definition) is 6. The van der Waals surface area contributed by atoms with Crippen LogP contribution in [0.15, 0.2) is 47.6 Å². The number of rotatable bonds is 9. The molecule has 30 heavy (non-hydrogen) atoms. The van der Waals surface area contributed by atoms with Crippen molar-refractivity contribution in [3.8, 4) is 0 Å². The van der Waals surface area contributed by atoms with Gasteiger partial charge in [-0.25, -0.2) is 13.6 Å². The molecule has 0 spiro atoms. The van der Waals surface area contributed by atoms with E-state index in [1.54, 1.807) is 37.3 Å². The Hall–Kier alpha value is -2.84. The fraction of sp³-hybridized carbons (Fsp3) is 0.364. The molecule has 2 aromatic rings. The molecule has 162 valence electrons. The van der Waals surface area contributed by atoms with Gasteiger partial charge in [-0.2, -0.15) is 5.48 Å². The lowest BCUT2D eigenvalue weighted by Crippen LogP contribution is -2.30. The van der Waals surface area contributed by atoms with Crippen LogP contribution in [0.1, 0.15) is 47.7 Å². The summed E-state index contributed by atoms with van der Waals surface area (Å²) in [6, 6.07) is 10.7. The minimum atomic E-state index is -3.00. The summed E-state index contributed by atoms with van der Waals surface area (Å²) >= 11 is 0. The Morgan fingerprint density at radius 1 is 1.17 bits per heavy atom. The zero-order valence-electron chi connectivity index (χ0n) is 17.7. The number of halogens is 2. The average molecular weight is 420 g/mol. The van der Waals surface area contributed by atoms with Gasteiger partial charge in [-0.1, -0.05) is 47.6 Å². The Balaban J connectivity index is 2.30. The highest BCUT2D eigenvalue weighted by atomic mass is 19.3. The van der Waals surface area contributed by atoms with Crippen LogP contribution in [-0.2, 0) is 31.7 Å². The molecule has 0 saturated heterocycles. The van der Waals surface area contributed by atoms with Gasteiger partial charge in [-0.15, -0.1) is 0 Å². The molecular weight excluding hydrogens is 394 g/mol. The SMILES string of the molecule is CONC(C(=O)OC)c1cccc(C)c1CO/N=C(\C)c1ccccc1C(C)(F)F. The summed E-state index contributed by atoms with van der Waals surface area (Å²) in [7, 11) is 2.68. The average Bonchev–Trinajstić information content (AvgIpc) is 2.72. The number of nitrogens with one attached hydrogen (secondary N) is 1. The van der Waals surface area contributed by atoms with E-state index in [-0.39, 0.29) is 12.2 Å². The van der Waals surface area contributed by atoms with Crippen LogP contribution >= 0.6 is 0 Å². The van der Waals surface area contributed by atoms with E-state index >= 15 is 0 Å². The minimum Gasteiger partial charge on any atom is -0.468 e. The number of benzene rings is 2. The number of alkyl halides is 2. The maximum absolute atomic E-state index is 13.9. The van der Waals surface area contributed by atoms with Gasteiger partial charge in [0, 0.05) is 23.6 Å². The maximum Gasteiger partial charge on any atom is 0.329 e. The third-order valence-corrected chi connectivity index (χ3v) is 4.63. The zero-order valence-corrected chi connectivity index (χ0v) is 17.7. The van der Waals surface area contributed by atoms with Crippen molar-refractivity contribution in [3.05, 3.63) is 70.3 Å². The highest BCUT2D eigenvalue weighted by molar-refractivity contribution is 5.99. The number of hydroxylamine groups is 1. The molecule has 8 heteroatoms. The van der Waals surface area contributed by atoms with Gasteiger partial charge in [0.2, 0.25) is 0 Å². The van der Waals surface area contributed by atoms with E-state index in [0.717, 1.165) is 12.5 Å². The largest absolute Gasteiger partial charge is 0.468 e. The van der Waals surface area contributed by atoms with E-state index in [0.29, 0.717) is 22.4 Å². The van der Waals surface area contributed by atoms with E-state index in [1.165, 1.54) is 20.3 Å². The number of nitrogens with zero attached hydrogens (tertiary/aromatic N) is 1. The molecule has 0 bridgehead atoms. The van der Waals surface area contributed by atoms with Crippen LogP contribution in [0, 0.1) is 6.92 Å². The first-order chi connectivity index (χ1) is 14.2. The van der Waals surface area contributed by atoms with Crippen LogP contribution in [0.25, 0.3) is 0 Å². The molecule has 1 N–H and O–H groups in total. The third-order valence-electron chi connectivity index (χ3n) is 4.63. The molecule has 0 aliphatic carbocycles. The predicted octanol–water partition coefficient (Wildman–Crippen LogP) is 4.41. The first-order valence-electron chi connectivity index (χ1n) is 9.29. The molecule has 0 fully saturated rings. The molecule has 0 saturated carbocycles. The molecule has 0 aromatic heterocycles. The second-order valence-corrected chi connectivity index (χ2v) is 6.80. The molecule has 2 aromatic carbocycles. The Kier molecular flexibility index (Phi) is 8.02. The molecule has 1 unspecified atom stereocenters. The number of aryl methyl sites for hydroxylation is 1. The van der Waals surface area contributed by atoms with Gasteiger partial charge in [-0.05, 0) is 25.0 Å². The number of ether oxygens (including phenoxy) is 1. The van der Waals surface area contributed by atoms with Gasteiger partial charge < -0.3 is 14.4 Å². The van der Waals surface area contributed by atoms with E-state index in [4.69, 9.17) is 14.4 Å². The second kappa shape index (κ2) is 10.3. The van der Waals surface area contributed by atoms with E-state index < -0.39 is 17.9 Å². The summed E-state index contributed by atoms with van der Waals surface area (Å²) in [6.07, 6.45) is 0. The molecule has 0 aliphatic rings. The van der Waals surface area contributed by atoms with Crippen molar-refractivity contribution in [2.24, 2.45) is 5.16 Å². The normalized spacial score (nSPS) is 13.1. The second-order valence-electron chi connectivity index (χ2n) is 6.80. The number of hydrogen-bond donors (Lipinski definition) is 1. The van der Waals surface area contributed by atoms with Crippen molar-refractivity contribution in [1.29, 1.82) is 0 Å². The fourth-order valence-electron chi connectivity index (χ4n) is 3.09. The number of esters is 1. The fourth-order valence-corrected chi connectivity index (χ4v) is 3.09. The van der Waals surface area contributed by atoms with Gasteiger partial charge in [0.25, 0.3) is 5.92 Å². The van der Waals surface area contributed by atoms with Crippen LogP contribution in [-0.4, -0.2) is 25.9 Å². The summed E-state index contributed by atoms with van der Waals surface area (Å²) in [5.74, 6) is -3.53.